The Morgan fingerprint density at radius 1 is 1.19 bits per heavy atom. The van der Waals surface area contributed by atoms with Gasteiger partial charge in [0, 0.05) is 11.3 Å². The number of methoxy groups -OCH3 is 1. The Labute approximate surface area is 103 Å². The van der Waals surface area contributed by atoms with Crippen LogP contribution in [-0.4, -0.2) is 17.1 Å². The molecule has 0 radical (unpaired) electrons. The van der Waals surface area contributed by atoms with Crippen molar-refractivity contribution in [3.05, 3.63) is 40.8 Å². The van der Waals surface area contributed by atoms with Gasteiger partial charge in [-0.25, -0.2) is 9.97 Å². The van der Waals surface area contributed by atoms with Crippen LogP contribution < -0.4 is 4.74 Å². The molecule has 3 nitrogen and oxygen atoms in total. The summed E-state index contributed by atoms with van der Waals surface area (Å²) in [6.07, 6.45) is 1.57. The van der Waals surface area contributed by atoms with Crippen LogP contribution in [0, 0.1) is 6.92 Å². The van der Waals surface area contributed by atoms with Crippen LogP contribution in [0.2, 0.25) is 0 Å². The second kappa shape index (κ2) is 4.61. The van der Waals surface area contributed by atoms with Crippen molar-refractivity contribution in [2.75, 3.05) is 7.11 Å². The van der Waals surface area contributed by atoms with Crippen LogP contribution in [0.3, 0.4) is 0 Å². The quantitative estimate of drug-likeness (QED) is 0.846. The Morgan fingerprint density at radius 2 is 2.00 bits per heavy atom. The maximum atomic E-state index is 5.18. The van der Waals surface area contributed by atoms with Crippen molar-refractivity contribution in [2.45, 2.75) is 6.92 Å². The van der Waals surface area contributed by atoms with Crippen LogP contribution in [0.1, 0.15) is 5.69 Å². The first-order valence-corrected chi connectivity index (χ1v) is 5.62. The van der Waals surface area contributed by atoms with E-state index in [1.54, 1.807) is 13.4 Å². The molecule has 0 N–H and O–H groups in total. The Balaban J connectivity index is 2.45. The van der Waals surface area contributed by atoms with E-state index in [0.29, 0.717) is 0 Å². The molecule has 0 aliphatic heterocycles. The van der Waals surface area contributed by atoms with E-state index < -0.39 is 0 Å². The predicted octanol–water partition coefficient (Wildman–Crippen LogP) is 3.22. The minimum absolute atomic E-state index is 0.814. The molecule has 2 aromatic rings. The highest BCUT2D eigenvalue weighted by Crippen LogP contribution is 2.29. The van der Waals surface area contributed by atoms with Crippen molar-refractivity contribution >= 4 is 15.9 Å². The summed E-state index contributed by atoms with van der Waals surface area (Å²) in [5, 5.41) is 0. The van der Waals surface area contributed by atoms with Gasteiger partial charge in [-0.3, -0.25) is 0 Å². The number of hydrogen-bond acceptors (Lipinski definition) is 3. The number of hydrogen-bond donors (Lipinski definition) is 0. The maximum absolute atomic E-state index is 5.18. The molecule has 0 bridgehead atoms. The highest BCUT2D eigenvalue weighted by Gasteiger charge is 2.04. The topological polar surface area (TPSA) is 35.0 Å². The number of nitrogens with zero attached hydrogens (tertiary/aromatic N) is 2. The number of aryl methyl sites for hydroxylation is 1. The summed E-state index contributed by atoms with van der Waals surface area (Å²) in [7, 11) is 1.65. The predicted molar refractivity (Wildman–Crippen MR) is 66.5 cm³/mol. The van der Waals surface area contributed by atoms with Crippen molar-refractivity contribution in [3.63, 3.8) is 0 Å². The fourth-order valence-corrected chi connectivity index (χ4v) is 1.98. The molecule has 2 rings (SSSR count). The Bertz CT molecular complexity index is 514. The zero-order valence-electron chi connectivity index (χ0n) is 9.07. The molecule has 1 aromatic heterocycles. The molecule has 1 aromatic carbocycles. The smallest absolute Gasteiger partial charge is 0.133 e. The minimum atomic E-state index is 0.814. The van der Waals surface area contributed by atoms with E-state index in [9.17, 15) is 0 Å². The largest absolute Gasteiger partial charge is 0.496 e. The summed E-state index contributed by atoms with van der Waals surface area (Å²) in [6.45, 7) is 1.95. The van der Waals surface area contributed by atoms with Crippen molar-refractivity contribution in [2.24, 2.45) is 0 Å². The van der Waals surface area contributed by atoms with Gasteiger partial charge < -0.3 is 4.74 Å². The normalized spacial score (nSPS) is 10.2. The Morgan fingerprint density at radius 3 is 2.62 bits per heavy atom. The molecule has 0 atom stereocenters. The molecule has 82 valence electrons. The fraction of sp³-hybridized carbons (Fsp3) is 0.167. The first kappa shape index (κ1) is 11.1. The van der Waals surface area contributed by atoms with E-state index in [0.717, 1.165) is 27.2 Å². The molecule has 16 heavy (non-hydrogen) atoms. The fourth-order valence-electron chi connectivity index (χ4n) is 1.44. The summed E-state index contributed by atoms with van der Waals surface area (Å²) in [5.74, 6) is 0.814. The lowest BCUT2D eigenvalue weighted by Crippen LogP contribution is -1.89. The molecule has 0 saturated carbocycles. The second-order valence-electron chi connectivity index (χ2n) is 3.39. The van der Waals surface area contributed by atoms with Crippen LogP contribution in [0.25, 0.3) is 11.3 Å². The van der Waals surface area contributed by atoms with Gasteiger partial charge in [0.15, 0.2) is 0 Å². The first-order chi connectivity index (χ1) is 7.70. The Kier molecular flexibility index (Phi) is 3.19. The summed E-state index contributed by atoms with van der Waals surface area (Å²) < 4.78 is 6.10. The zero-order chi connectivity index (χ0) is 11.5. The number of benzene rings is 1. The van der Waals surface area contributed by atoms with Gasteiger partial charge in [0.25, 0.3) is 0 Å². The highest BCUT2D eigenvalue weighted by molar-refractivity contribution is 9.10. The van der Waals surface area contributed by atoms with Gasteiger partial charge >= 0.3 is 0 Å². The minimum Gasteiger partial charge on any atom is -0.496 e. The second-order valence-corrected chi connectivity index (χ2v) is 4.25. The molecule has 0 fully saturated rings. The molecular formula is C12H11BrN2O. The van der Waals surface area contributed by atoms with Crippen molar-refractivity contribution < 1.29 is 4.74 Å². The van der Waals surface area contributed by atoms with E-state index in [1.165, 1.54) is 0 Å². The number of ether oxygens (including phenoxy) is 1. The van der Waals surface area contributed by atoms with Crippen molar-refractivity contribution in [1.29, 1.82) is 0 Å². The molecule has 0 aliphatic rings. The maximum Gasteiger partial charge on any atom is 0.133 e. The van der Waals surface area contributed by atoms with Crippen LogP contribution in [0.4, 0.5) is 0 Å². The Hall–Kier alpha value is -1.42. The van der Waals surface area contributed by atoms with E-state index in [4.69, 9.17) is 4.74 Å². The van der Waals surface area contributed by atoms with Gasteiger partial charge in [0.2, 0.25) is 0 Å². The molecule has 4 heteroatoms. The lowest BCUT2D eigenvalue weighted by Gasteiger charge is -2.06. The molecule has 0 unspecified atom stereocenters. The third-order valence-electron chi connectivity index (χ3n) is 2.25. The highest BCUT2D eigenvalue weighted by atomic mass is 79.9. The number of aromatic nitrogens is 2. The van der Waals surface area contributed by atoms with Gasteiger partial charge in [-0.05, 0) is 47.1 Å². The summed E-state index contributed by atoms with van der Waals surface area (Å²) in [6, 6.07) is 7.83. The third kappa shape index (κ3) is 2.22. The van der Waals surface area contributed by atoms with Crippen LogP contribution >= 0.6 is 15.9 Å². The molecule has 0 spiro atoms. The van der Waals surface area contributed by atoms with Gasteiger partial charge in [-0.1, -0.05) is 0 Å². The molecule has 1 heterocycles. The molecular weight excluding hydrogens is 268 g/mol. The lowest BCUT2D eigenvalue weighted by molar-refractivity contribution is 0.412. The monoisotopic (exact) mass is 278 g/mol. The summed E-state index contributed by atoms with van der Waals surface area (Å²) in [4.78, 5) is 8.31. The lowest BCUT2D eigenvalue weighted by atomic mass is 10.1. The average molecular weight is 279 g/mol. The first-order valence-electron chi connectivity index (χ1n) is 4.83. The summed E-state index contributed by atoms with van der Waals surface area (Å²) in [5.41, 5.74) is 2.91. The van der Waals surface area contributed by atoms with Crippen LogP contribution in [-0.2, 0) is 0 Å². The van der Waals surface area contributed by atoms with Gasteiger partial charge in [-0.2, -0.15) is 0 Å². The number of halogens is 1. The average Bonchev–Trinajstić information content (AvgIpc) is 2.29. The van der Waals surface area contributed by atoms with Crippen molar-refractivity contribution in [3.8, 4) is 17.0 Å². The van der Waals surface area contributed by atoms with Gasteiger partial charge in [0.05, 0.1) is 17.3 Å². The standard InChI is InChI=1S/C12H11BrN2O/c1-8-5-11(15-7-14-8)9-3-4-12(16-2)10(13)6-9/h3-7H,1-2H3. The van der Waals surface area contributed by atoms with E-state index in [-0.39, 0.29) is 0 Å². The molecule has 0 aliphatic carbocycles. The van der Waals surface area contributed by atoms with Gasteiger partial charge in [0.1, 0.15) is 12.1 Å². The van der Waals surface area contributed by atoms with E-state index >= 15 is 0 Å². The van der Waals surface area contributed by atoms with E-state index in [2.05, 4.69) is 25.9 Å². The SMILES string of the molecule is COc1ccc(-c2cc(C)ncn2)cc1Br. The molecule has 0 amide bonds. The third-order valence-corrected chi connectivity index (χ3v) is 2.87. The number of rotatable bonds is 2. The van der Waals surface area contributed by atoms with Crippen molar-refractivity contribution in [1.82, 2.24) is 9.97 Å². The van der Waals surface area contributed by atoms with E-state index in [1.807, 2.05) is 31.2 Å². The zero-order valence-corrected chi connectivity index (χ0v) is 10.7. The van der Waals surface area contributed by atoms with Crippen LogP contribution in [0.5, 0.6) is 5.75 Å². The van der Waals surface area contributed by atoms with Gasteiger partial charge in [-0.15, -0.1) is 0 Å². The molecule has 0 saturated heterocycles. The van der Waals surface area contributed by atoms with Crippen LogP contribution in [0.15, 0.2) is 35.1 Å². The summed E-state index contributed by atoms with van der Waals surface area (Å²) >= 11 is 3.45.